The minimum atomic E-state index is -0.452. The van der Waals surface area contributed by atoms with Crippen molar-refractivity contribution >= 4 is 17.3 Å². The second-order valence-corrected chi connectivity index (χ2v) is 2.86. The largest absolute Gasteiger partial charge is 0.238 e. The van der Waals surface area contributed by atoms with Crippen LogP contribution in [0.1, 0.15) is 6.92 Å². The first-order valence-electron chi connectivity index (χ1n) is 3.71. The van der Waals surface area contributed by atoms with E-state index in [1.807, 2.05) is 0 Å². The Kier molecular flexibility index (Phi) is 3.53. The first kappa shape index (κ1) is 10.6. The summed E-state index contributed by atoms with van der Waals surface area (Å²) in [6.45, 7) is 1.25. The quantitative estimate of drug-likeness (QED) is 0.575. The summed E-state index contributed by atoms with van der Waals surface area (Å²) in [6, 6.07) is 1.52. The topological polar surface area (TPSA) is 47.2 Å². The summed E-state index contributed by atoms with van der Waals surface area (Å²) in [5.41, 5.74) is 0.215. The molecule has 1 aromatic heterocycles. The molecule has 0 unspecified atom stereocenters. The van der Waals surface area contributed by atoms with Crippen LogP contribution in [-0.2, 0) is 0 Å². The smallest absolute Gasteiger partial charge is 0.151 e. The number of hydrogen-bond acceptors (Lipinski definition) is 3. The van der Waals surface area contributed by atoms with Crippen LogP contribution in [0.4, 0.5) is 4.39 Å². The molecule has 0 amide bonds. The lowest BCUT2D eigenvalue weighted by molar-refractivity contribution is 0.639. The number of nitroso groups, excluding NO2 is 1. The molecule has 0 spiro atoms. The van der Waals surface area contributed by atoms with Crippen molar-refractivity contribution in [1.82, 2.24) is 9.78 Å². The summed E-state index contributed by atoms with van der Waals surface area (Å²) in [6.07, 6.45) is 3.58. The van der Waals surface area contributed by atoms with Gasteiger partial charge in [0, 0.05) is 6.20 Å². The second kappa shape index (κ2) is 4.66. The lowest BCUT2D eigenvalue weighted by Crippen LogP contribution is -1.95. The van der Waals surface area contributed by atoms with Crippen LogP contribution in [0.5, 0.6) is 0 Å². The third-order valence-electron chi connectivity index (χ3n) is 1.35. The molecular formula is C8H7ClFN3O. The van der Waals surface area contributed by atoms with Gasteiger partial charge in [-0.1, -0.05) is 11.6 Å². The van der Waals surface area contributed by atoms with E-state index in [2.05, 4.69) is 10.3 Å². The highest BCUT2D eigenvalue weighted by Crippen LogP contribution is 2.12. The highest BCUT2D eigenvalue weighted by molar-refractivity contribution is 6.29. The number of nitrogens with zero attached hydrogens (tertiary/aromatic N) is 3. The van der Waals surface area contributed by atoms with Crippen molar-refractivity contribution < 1.29 is 4.39 Å². The van der Waals surface area contributed by atoms with Crippen LogP contribution in [-0.4, -0.2) is 9.78 Å². The summed E-state index contributed by atoms with van der Waals surface area (Å²) in [5.74, 6) is -0.452. The summed E-state index contributed by atoms with van der Waals surface area (Å²) in [7, 11) is 0. The lowest BCUT2D eigenvalue weighted by atomic mass is 10.4. The van der Waals surface area contributed by atoms with Crippen molar-refractivity contribution in [2.75, 3.05) is 0 Å². The van der Waals surface area contributed by atoms with Gasteiger partial charge >= 0.3 is 0 Å². The van der Waals surface area contributed by atoms with Gasteiger partial charge < -0.3 is 0 Å². The number of aromatic nitrogens is 2. The third kappa shape index (κ3) is 2.77. The second-order valence-electron chi connectivity index (χ2n) is 2.47. The summed E-state index contributed by atoms with van der Waals surface area (Å²) in [5, 5.41) is 6.59. The predicted octanol–water partition coefficient (Wildman–Crippen LogP) is 2.97. The Bertz CT molecular complexity index is 393. The van der Waals surface area contributed by atoms with Crippen molar-refractivity contribution in [2.24, 2.45) is 5.18 Å². The zero-order valence-corrected chi connectivity index (χ0v) is 8.07. The average molecular weight is 216 g/mol. The number of halogens is 2. The Morgan fingerprint density at radius 2 is 2.50 bits per heavy atom. The standard InChI is InChI=1S/C8H7ClFN3O/c1-6(10)4-7(5-11-14)13-3-2-8(9)12-13/h2-5H,1H3/b6-4+,7-5+. The van der Waals surface area contributed by atoms with E-state index in [1.54, 1.807) is 0 Å². The van der Waals surface area contributed by atoms with Crippen molar-refractivity contribution in [3.05, 3.63) is 40.4 Å². The maximum atomic E-state index is 12.6. The monoisotopic (exact) mass is 215 g/mol. The van der Waals surface area contributed by atoms with Gasteiger partial charge in [-0.05, 0) is 24.2 Å². The Labute approximate surface area is 84.6 Å². The molecule has 1 heterocycles. The average Bonchev–Trinajstić information content (AvgIpc) is 2.50. The molecule has 0 saturated carbocycles. The maximum Gasteiger partial charge on any atom is 0.151 e. The van der Waals surface area contributed by atoms with Gasteiger partial charge in [0.15, 0.2) is 5.15 Å². The molecule has 1 rings (SSSR count). The van der Waals surface area contributed by atoms with Gasteiger partial charge in [-0.15, -0.1) is 4.91 Å². The molecule has 0 aliphatic rings. The molecule has 74 valence electrons. The number of hydrogen-bond donors (Lipinski definition) is 0. The van der Waals surface area contributed by atoms with E-state index in [4.69, 9.17) is 11.6 Å². The maximum absolute atomic E-state index is 12.6. The van der Waals surface area contributed by atoms with Crippen molar-refractivity contribution in [3.63, 3.8) is 0 Å². The molecule has 0 saturated heterocycles. The van der Waals surface area contributed by atoms with Gasteiger partial charge in [-0.3, -0.25) is 0 Å². The van der Waals surface area contributed by atoms with Gasteiger partial charge in [0.1, 0.15) is 0 Å². The first-order valence-corrected chi connectivity index (χ1v) is 4.09. The molecule has 0 N–H and O–H groups in total. The SMILES string of the molecule is C/C(F)=C\C(=C/N=O)n1ccc(Cl)n1. The van der Waals surface area contributed by atoms with Crippen LogP contribution < -0.4 is 0 Å². The van der Waals surface area contributed by atoms with Crippen LogP contribution >= 0.6 is 11.6 Å². The van der Waals surface area contributed by atoms with Crippen LogP contribution in [0, 0.1) is 4.91 Å². The van der Waals surface area contributed by atoms with Crippen LogP contribution in [0.3, 0.4) is 0 Å². The molecule has 0 aliphatic carbocycles. The zero-order chi connectivity index (χ0) is 10.6. The van der Waals surface area contributed by atoms with Gasteiger partial charge in [0.25, 0.3) is 0 Å². The normalized spacial score (nSPS) is 13.1. The highest BCUT2D eigenvalue weighted by Gasteiger charge is 2.01. The van der Waals surface area contributed by atoms with Crippen LogP contribution in [0.15, 0.2) is 35.5 Å². The molecule has 4 nitrogen and oxygen atoms in total. The van der Waals surface area contributed by atoms with Gasteiger partial charge in [0.2, 0.25) is 0 Å². The van der Waals surface area contributed by atoms with Crippen molar-refractivity contribution in [2.45, 2.75) is 6.92 Å². The fourth-order valence-electron chi connectivity index (χ4n) is 0.866. The van der Waals surface area contributed by atoms with E-state index in [9.17, 15) is 9.30 Å². The molecule has 0 aliphatic heterocycles. The van der Waals surface area contributed by atoms with E-state index < -0.39 is 5.83 Å². The minimum absolute atomic E-state index is 0.215. The van der Waals surface area contributed by atoms with Gasteiger partial charge in [-0.2, -0.15) is 5.10 Å². The van der Waals surface area contributed by atoms with Gasteiger partial charge in [-0.25, -0.2) is 9.07 Å². The lowest BCUT2D eigenvalue weighted by Gasteiger charge is -1.98. The fraction of sp³-hybridized carbons (Fsp3) is 0.125. The van der Waals surface area contributed by atoms with E-state index in [0.717, 1.165) is 12.3 Å². The third-order valence-corrected chi connectivity index (χ3v) is 1.55. The molecule has 0 radical (unpaired) electrons. The molecular weight excluding hydrogens is 209 g/mol. The molecule has 14 heavy (non-hydrogen) atoms. The molecule has 0 fully saturated rings. The predicted molar refractivity (Wildman–Crippen MR) is 52.2 cm³/mol. The number of allylic oxidation sites excluding steroid dienone is 3. The first-order chi connectivity index (χ1) is 6.63. The van der Waals surface area contributed by atoms with Gasteiger partial charge in [0.05, 0.1) is 17.7 Å². The fourth-order valence-corrected chi connectivity index (χ4v) is 1.00. The van der Waals surface area contributed by atoms with E-state index >= 15 is 0 Å². The molecule has 0 aromatic carbocycles. The number of rotatable bonds is 3. The highest BCUT2D eigenvalue weighted by atomic mass is 35.5. The summed E-state index contributed by atoms with van der Waals surface area (Å²) >= 11 is 5.56. The van der Waals surface area contributed by atoms with E-state index in [0.29, 0.717) is 0 Å². The van der Waals surface area contributed by atoms with E-state index in [-0.39, 0.29) is 10.9 Å². The Balaban J connectivity index is 3.07. The molecule has 0 atom stereocenters. The Morgan fingerprint density at radius 3 is 2.93 bits per heavy atom. The Hall–Kier alpha value is -1.49. The van der Waals surface area contributed by atoms with Crippen molar-refractivity contribution in [1.29, 1.82) is 0 Å². The zero-order valence-electron chi connectivity index (χ0n) is 7.32. The van der Waals surface area contributed by atoms with E-state index in [1.165, 1.54) is 23.9 Å². The molecule has 0 bridgehead atoms. The molecule has 6 heteroatoms. The summed E-state index contributed by atoms with van der Waals surface area (Å²) in [4.78, 5) is 10.0. The Morgan fingerprint density at radius 1 is 1.79 bits per heavy atom. The van der Waals surface area contributed by atoms with Crippen LogP contribution in [0.25, 0.3) is 5.70 Å². The van der Waals surface area contributed by atoms with Crippen molar-refractivity contribution in [3.8, 4) is 0 Å². The molecule has 1 aromatic rings. The van der Waals surface area contributed by atoms with Crippen LogP contribution in [0.2, 0.25) is 5.15 Å². The summed E-state index contributed by atoms with van der Waals surface area (Å²) < 4.78 is 13.8. The minimum Gasteiger partial charge on any atom is -0.238 e.